The zero-order chi connectivity index (χ0) is 22.6. The molecule has 31 heavy (non-hydrogen) atoms. The molecule has 3 fully saturated rings. The second-order valence-corrected chi connectivity index (χ2v) is 12.3. The van der Waals surface area contributed by atoms with Crippen molar-refractivity contribution in [3.05, 3.63) is 11.6 Å². The molecule has 174 valence electrons. The maximum atomic E-state index is 12.6. The maximum absolute atomic E-state index is 12.6. The van der Waals surface area contributed by atoms with Crippen LogP contribution in [0.2, 0.25) is 0 Å². The molecule has 0 aromatic heterocycles. The van der Waals surface area contributed by atoms with Crippen molar-refractivity contribution in [3.63, 3.8) is 0 Å². The van der Waals surface area contributed by atoms with Crippen molar-refractivity contribution < 1.29 is 27.3 Å². The lowest BCUT2D eigenvalue weighted by molar-refractivity contribution is -0.135. The summed E-state index contributed by atoms with van der Waals surface area (Å²) >= 11 is 0. The van der Waals surface area contributed by atoms with Crippen LogP contribution in [0.25, 0.3) is 0 Å². The van der Waals surface area contributed by atoms with E-state index in [1.54, 1.807) is 0 Å². The highest BCUT2D eigenvalue weighted by atomic mass is 32.2. The Kier molecular flexibility index (Phi) is 6.02. The van der Waals surface area contributed by atoms with Gasteiger partial charge in [0, 0.05) is 18.3 Å². The Morgan fingerprint density at radius 2 is 1.84 bits per heavy atom. The number of aliphatic hydroxyl groups is 1. The molecule has 0 aliphatic heterocycles. The topological polar surface area (TPSA) is 97.7 Å². The lowest BCUT2D eigenvalue weighted by Crippen LogP contribution is -2.54. The summed E-state index contributed by atoms with van der Waals surface area (Å²) < 4.78 is 30.1. The van der Waals surface area contributed by atoms with Gasteiger partial charge in [-0.25, -0.2) is 0 Å². The molecule has 3 saturated carbocycles. The van der Waals surface area contributed by atoms with E-state index in [2.05, 4.69) is 13.8 Å². The van der Waals surface area contributed by atoms with Crippen LogP contribution in [0.4, 0.5) is 0 Å². The molecule has 0 radical (unpaired) electrons. The standard InChI is InChI=1S/C24H36O6S/c1-4-5-6-21(27)31(28,29)30-16-9-11-23(2)15(13-16)14-19(25)22-17-7-8-20(26)24(17,3)12-10-18(22)23/h14,16-19,22,25H,4-13H2,1-3H3/t16-,17-,18-,19-,22-,23-,24-/m0/s1. The third-order valence-electron chi connectivity index (χ3n) is 9.07. The lowest BCUT2D eigenvalue weighted by atomic mass is 9.47. The highest BCUT2D eigenvalue weighted by molar-refractivity contribution is 8.02. The van der Waals surface area contributed by atoms with Gasteiger partial charge in [0.2, 0.25) is 0 Å². The summed E-state index contributed by atoms with van der Waals surface area (Å²) in [7, 11) is -4.22. The monoisotopic (exact) mass is 452 g/mol. The molecule has 0 amide bonds. The number of carbonyl (C=O) groups excluding carboxylic acids is 2. The number of fused-ring (bicyclic) bond motifs is 5. The van der Waals surface area contributed by atoms with Gasteiger partial charge in [-0.05, 0) is 68.1 Å². The number of rotatable bonds is 5. The first-order valence-corrected chi connectivity index (χ1v) is 13.3. The molecule has 6 nitrogen and oxygen atoms in total. The summed E-state index contributed by atoms with van der Waals surface area (Å²) in [5.74, 6) is 0.929. The third kappa shape index (κ3) is 3.74. The number of unbranched alkanes of at least 4 members (excludes halogenated alkanes) is 1. The van der Waals surface area contributed by atoms with Crippen LogP contribution in [-0.2, 0) is 23.9 Å². The van der Waals surface area contributed by atoms with Crippen LogP contribution < -0.4 is 0 Å². The number of Topliss-reactive ketones (excluding diaryl/α,β-unsaturated/α-hetero) is 1. The van der Waals surface area contributed by atoms with Crippen LogP contribution in [0.15, 0.2) is 11.6 Å². The molecule has 4 aliphatic carbocycles. The van der Waals surface area contributed by atoms with Crippen LogP contribution in [0.5, 0.6) is 0 Å². The zero-order valence-electron chi connectivity index (χ0n) is 18.9. The van der Waals surface area contributed by atoms with E-state index in [1.807, 2.05) is 13.0 Å². The summed E-state index contributed by atoms with van der Waals surface area (Å²) in [5.41, 5.74) is 0.630. The predicted octanol–water partition coefficient (Wildman–Crippen LogP) is 3.92. The van der Waals surface area contributed by atoms with E-state index in [0.717, 1.165) is 37.7 Å². The molecule has 0 aromatic carbocycles. The molecule has 4 rings (SSSR count). The first-order valence-electron chi connectivity index (χ1n) is 11.9. The minimum atomic E-state index is -4.22. The van der Waals surface area contributed by atoms with Crippen LogP contribution in [0, 0.1) is 28.6 Å². The van der Waals surface area contributed by atoms with Crippen molar-refractivity contribution in [3.8, 4) is 0 Å². The van der Waals surface area contributed by atoms with E-state index in [0.29, 0.717) is 31.5 Å². The average Bonchev–Trinajstić information content (AvgIpc) is 3.02. The second-order valence-electron chi connectivity index (χ2n) is 10.7. The third-order valence-corrected chi connectivity index (χ3v) is 10.4. The molecule has 4 aliphatic rings. The van der Waals surface area contributed by atoms with Gasteiger partial charge in [-0.2, -0.15) is 8.42 Å². The SMILES string of the molecule is CCCCC(=O)S(=O)(=O)O[C@H]1CC[C@@]2(C)C(=C[C@H](O)[C@@H]3[C@@H]2CC[C@]2(C)C(=O)CC[C@@H]32)C1. The fraction of sp³-hybridized carbons (Fsp3) is 0.833. The Morgan fingerprint density at radius 1 is 1.16 bits per heavy atom. The number of aliphatic hydroxyl groups excluding tert-OH is 1. The van der Waals surface area contributed by atoms with Crippen molar-refractivity contribution in [2.24, 2.45) is 28.6 Å². The van der Waals surface area contributed by atoms with Gasteiger partial charge in [0.05, 0.1) is 12.2 Å². The number of hydrogen-bond acceptors (Lipinski definition) is 6. The molecule has 7 atom stereocenters. The molecule has 0 bridgehead atoms. The molecular formula is C24H36O6S. The van der Waals surface area contributed by atoms with Gasteiger partial charge >= 0.3 is 10.1 Å². The predicted molar refractivity (Wildman–Crippen MR) is 116 cm³/mol. The van der Waals surface area contributed by atoms with E-state index in [1.165, 1.54) is 0 Å². The second kappa shape index (κ2) is 8.07. The summed E-state index contributed by atoms with van der Waals surface area (Å²) in [6.07, 6.45) is 7.05. The van der Waals surface area contributed by atoms with Gasteiger partial charge < -0.3 is 5.11 Å². The van der Waals surface area contributed by atoms with Crippen LogP contribution >= 0.6 is 0 Å². The highest BCUT2D eigenvalue weighted by Crippen LogP contribution is 2.64. The van der Waals surface area contributed by atoms with E-state index in [-0.39, 0.29) is 35.0 Å². The fourth-order valence-corrected chi connectivity index (χ4v) is 8.17. The number of ketones is 1. The largest absolute Gasteiger partial charge is 0.389 e. The molecular weight excluding hydrogens is 416 g/mol. The number of hydrogen-bond donors (Lipinski definition) is 1. The van der Waals surface area contributed by atoms with Crippen molar-refractivity contribution >= 4 is 21.0 Å². The summed E-state index contributed by atoms with van der Waals surface area (Å²) in [4.78, 5) is 24.6. The molecule has 0 aromatic rings. The average molecular weight is 453 g/mol. The first-order chi connectivity index (χ1) is 14.5. The minimum Gasteiger partial charge on any atom is -0.389 e. The summed E-state index contributed by atoms with van der Waals surface area (Å²) in [6, 6.07) is 0. The Bertz CT molecular complexity index is 892. The summed E-state index contributed by atoms with van der Waals surface area (Å²) in [5, 5.41) is 10.3. The number of carbonyl (C=O) groups is 2. The molecule has 7 heteroatoms. The van der Waals surface area contributed by atoms with Gasteiger partial charge in [-0.3, -0.25) is 13.8 Å². The van der Waals surface area contributed by atoms with Gasteiger partial charge in [0.25, 0.3) is 5.12 Å². The molecule has 0 unspecified atom stereocenters. The lowest BCUT2D eigenvalue weighted by Gasteiger charge is -2.58. The van der Waals surface area contributed by atoms with E-state index < -0.39 is 27.4 Å². The Labute approximate surface area is 185 Å². The van der Waals surface area contributed by atoms with Gasteiger partial charge in [-0.1, -0.05) is 38.8 Å². The minimum absolute atomic E-state index is 0.00664. The van der Waals surface area contributed by atoms with E-state index in [9.17, 15) is 23.1 Å². The Morgan fingerprint density at radius 3 is 2.55 bits per heavy atom. The quantitative estimate of drug-likeness (QED) is 0.501. The van der Waals surface area contributed by atoms with Crippen molar-refractivity contribution in [1.82, 2.24) is 0 Å². The van der Waals surface area contributed by atoms with Gasteiger partial charge in [0.1, 0.15) is 5.78 Å². The molecule has 0 saturated heterocycles. The fourth-order valence-electron chi connectivity index (χ4n) is 7.15. The van der Waals surface area contributed by atoms with E-state index in [4.69, 9.17) is 4.18 Å². The van der Waals surface area contributed by atoms with Crippen LogP contribution in [0.3, 0.4) is 0 Å². The maximum Gasteiger partial charge on any atom is 0.331 e. The molecule has 0 spiro atoms. The van der Waals surface area contributed by atoms with Gasteiger partial charge in [-0.15, -0.1) is 0 Å². The molecule has 1 N–H and O–H groups in total. The highest BCUT2D eigenvalue weighted by Gasteiger charge is 2.60. The smallest absolute Gasteiger partial charge is 0.331 e. The van der Waals surface area contributed by atoms with Crippen molar-refractivity contribution in [1.29, 1.82) is 0 Å². The normalized spacial score (nSPS) is 42.4. The Balaban J connectivity index is 1.53. The van der Waals surface area contributed by atoms with Crippen LogP contribution in [0.1, 0.15) is 85.0 Å². The Hall–Kier alpha value is -1.05. The summed E-state index contributed by atoms with van der Waals surface area (Å²) in [6.45, 7) is 6.23. The van der Waals surface area contributed by atoms with Gasteiger partial charge in [0.15, 0.2) is 0 Å². The van der Waals surface area contributed by atoms with Crippen molar-refractivity contribution in [2.45, 2.75) is 97.2 Å². The van der Waals surface area contributed by atoms with E-state index >= 15 is 0 Å². The zero-order valence-corrected chi connectivity index (χ0v) is 19.7. The first kappa shape index (κ1) is 23.1. The van der Waals surface area contributed by atoms with Crippen LogP contribution in [-0.4, -0.2) is 36.6 Å². The van der Waals surface area contributed by atoms with Crippen molar-refractivity contribution in [2.75, 3.05) is 0 Å². The molecule has 0 heterocycles.